The summed E-state index contributed by atoms with van der Waals surface area (Å²) in [5.41, 5.74) is 7.83. The molecule has 0 unspecified atom stereocenters. The van der Waals surface area contributed by atoms with Crippen LogP contribution in [0.4, 0.5) is 15.8 Å². The standard InChI is InChI=1S/C15H14BrFN2O2/c1-9-6-10(18)2-5-14(9)19-15(20)8-21-11-3-4-13(17)12(16)7-11/h2-7H,8,18H2,1H3,(H,19,20). The van der Waals surface area contributed by atoms with E-state index in [9.17, 15) is 9.18 Å². The minimum absolute atomic E-state index is 0.165. The molecule has 4 nitrogen and oxygen atoms in total. The van der Waals surface area contributed by atoms with Gasteiger partial charge in [-0.1, -0.05) is 0 Å². The van der Waals surface area contributed by atoms with Crippen LogP contribution in [0.15, 0.2) is 40.9 Å². The summed E-state index contributed by atoms with van der Waals surface area (Å²) in [6.45, 7) is 1.69. The van der Waals surface area contributed by atoms with E-state index < -0.39 is 0 Å². The lowest BCUT2D eigenvalue weighted by Crippen LogP contribution is -2.20. The van der Waals surface area contributed by atoms with Crippen molar-refractivity contribution in [2.75, 3.05) is 17.7 Å². The lowest BCUT2D eigenvalue weighted by Gasteiger charge is -2.10. The van der Waals surface area contributed by atoms with Gasteiger partial charge in [0.25, 0.3) is 5.91 Å². The Morgan fingerprint density at radius 1 is 1.33 bits per heavy atom. The SMILES string of the molecule is Cc1cc(N)ccc1NC(=O)COc1ccc(F)c(Br)c1. The first-order valence-corrected chi connectivity index (χ1v) is 6.99. The Labute approximate surface area is 130 Å². The van der Waals surface area contributed by atoms with E-state index in [1.54, 1.807) is 18.2 Å². The Morgan fingerprint density at radius 2 is 2.10 bits per heavy atom. The average molecular weight is 353 g/mol. The summed E-state index contributed by atoms with van der Waals surface area (Å²) in [7, 11) is 0. The number of hydrogen-bond acceptors (Lipinski definition) is 3. The number of nitrogens with two attached hydrogens (primary N) is 1. The Bertz CT molecular complexity index is 677. The second-order valence-corrected chi connectivity index (χ2v) is 5.34. The van der Waals surface area contributed by atoms with Crippen LogP contribution in [-0.4, -0.2) is 12.5 Å². The number of carbonyl (C=O) groups is 1. The van der Waals surface area contributed by atoms with Crippen LogP contribution in [0.3, 0.4) is 0 Å². The molecule has 110 valence electrons. The van der Waals surface area contributed by atoms with Gasteiger partial charge >= 0.3 is 0 Å². The summed E-state index contributed by atoms with van der Waals surface area (Å²) in [6.07, 6.45) is 0. The van der Waals surface area contributed by atoms with E-state index in [0.717, 1.165) is 5.56 Å². The second kappa shape index (κ2) is 6.58. The van der Waals surface area contributed by atoms with Gasteiger partial charge in [0.05, 0.1) is 4.47 Å². The smallest absolute Gasteiger partial charge is 0.262 e. The molecule has 0 aliphatic carbocycles. The fourth-order valence-electron chi connectivity index (χ4n) is 1.73. The third-order valence-electron chi connectivity index (χ3n) is 2.79. The Morgan fingerprint density at radius 3 is 2.76 bits per heavy atom. The van der Waals surface area contributed by atoms with Crippen LogP contribution in [0.2, 0.25) is 0 Å². The zero-order valence-corrected chi connectivity index (χ0v) is 12.9. The maximum Gasteiger partial charge on any atom is 0.262 e. The van der Waals surface area contributed by atoms with Gasteiger partial charge < -0.3 is 15.8 Å². The van der Waals surface area contributed by atoms with Crippen molar-refractivity contribution >= 4 is 33.2 Å². The minimum Gasteiger partial charge on any atom is -0.484 e. The van der Waals surface area contributed by atoms with Gasteiger partial charge in [-0.25, -0.2) is 4.39 Å². The molecule has 6 heteroatoms. The zero-order valence-electron chi connectivity index (χ0n) is 11.3. The number of anilines is 2. The van der Waals surface area contributed by atoms with E-state index in [1.807, 2.05) is 6.92 Å². The number of nitrogens with one attached hydrogen (secondary N) is 1. The van der Waals surface area contributed by atoms with Crippen molar-refractivity contribution in [1.82, 2.24) is 0 Å². The first-order chi connectivity index (χ1) is 9.95. The minimum atomic E-state index is -0.385. The number of ether oxygens (including phenoxy) is 1. The van der Waals surface area contributed by atoms with Gasteiger partial charge in [0.1, 0.15) is 11.6 Å². The number of amides is 1. The van der Waals surface area contributed by atoms with Crippen LogP contribution < -0.4 is 15.8 Å². The molecule has 0 heterocycles. The Hall–Kier alpha value is -2.08. The fraction of sp³-hybridized carbons (Fsp3) is 0.133. The average Bonchev–Trinajstić information content (AvgIpc) is 2.43. The number of benzene rings is 2. The van der Waals surface area contributed by atoms with Crippen LogP contribution in [0.1, 0.15) is 5.56 Å². The molecule has 0 radical (unpaired) electrons. The molecule has 0 fully saturated rings. The van der Waals surface area contributed by atoms with Gasteiger partial charge in [-0.15, -0.1) is 0 Å². The van der Waals surface area contributed by atoms with Gasteiger partial charge in [0.2, 0.25) is 0 Å². The van der Waals surface area contributed by atoms with Crippen molar-refractivity contribution in [3.8, 4) is 5.75 Å². The second-order valence-electron chi connectivity index (χ2n) is 4.49. The Balaban J connectivity index is 1.94. The van der Waals surface area contributed by atoms with Crippen LogP contribution in [-0.2, 0) is 4.79 Å². The Kier molecular flexibility index (Phi) is 4.80. The topological polar surface area (TPSA) is 64.3 Å². The van der Waals surface area contributed by atoms with E-state index in [1.165, 1.54) is 18.2 Å². The van der Waals surface area contributed by atoms with Crippen molar-refractivity contribution in [2.24, 2.45) is 0 Å². The zero-order chi connectivity index (χ0) is 15.4. The van der Waals surface area contributed by atoms with E-state index in [4.69, 9.17) is 10.5 Å². The monoisotopic (exact) mass is 352 g/mol. The van der Waals surface area contributed by atoms with Crippen molar-refractivity contribution in [1.29, 1.82) is 0 Å². The first-order valence-electron chi connectivity index (χ1n) is 6.19. The summed E-state index contributed by atoms with van der Waals surface area (Å²) < 4.78 is 18.7. The third-order valence-corrected chi connectivity index (χ3v) is 3.39. The molecule has 0 aliphatic heterocycles. The number of rotatable bonds is 4. The van der Waals surface area contributed by atoms with Crippen LogP contribution >= 0.6 is 15.9 Å². The predicted molar refractivity (Wildman–Crippen MR) is 83.8 cm³/mol. The first kappa shape index (κ1) is 15.3. The number of carbonyl (C=O) groups excluding carboxylic acids is 1. The lowest BCUT2D eigenvalue weighted by molar-refractivity contribution is -0.118. The summed E-state index contributed by atoms with van der Waals surface area (Å²) in [6, 6.07) is 9.41. The highest BCUT2D eigenvalue weighted by molar-refractivity contribution is 9.10. The molecule has 2 aromatic rings. The van der Waals surface area contributed by atoms with Gasteiger partial charge in [0.15, 0.2) is 6.61 Å². The van der Waals surface area contributed by atoms with E-state index in [2.05, 4.69) is 21.2 Å². The van der Waals surface area contributed by atoms with Crippen LogP contribution in [0.25, 0.3) is 0 Å². The van der Waals surface area contributed by atoms with Crippen LogP contribution in [0.5, 0.6) is 5.75 Å². The van der Waals surface area contributed by atoms with Gasteiger partial charge in [-0.3, -0.25) is 4.79 Å². The number of halogens is 2. The fourth-order valence-corrected chi connectivity index (χ4v) is 2.09. The lowest BCUT2D eigenvalue weighted by atomic mass is 10.2. The van der Waals surface area contributed by atoms with E-state index in [-0.39, 0.29) is 22.8 Å². The number of hydrogen-bond donors (Lipinski definition) is 2. The van der Waals surface area contributed by atoms with Gasteiger partial charge in [-0.2, -0.15) is 0 Å². The van der Waals surface area contributed by atoms with Crippen LogP contribution in [0, 0.1) is 12.7 Å². The molecule has 0 spiro atoms. The normalized spacial score (nSPS) is 10.2. The highest BCUT2D eigenvalue weighted by atomic mass is 79.9. The highest BCUT2D eigenvalue weighted by Crippen LogP contribution is 2.22. The quantitative estimate of drug-likeness (QED) is 0.827. The molecule has 2 rings (SSSR count). The third kappa shape index (κ3) is 4.19. The van der Waals surface area contributed by atoms with Crippen molar-refractivity contribution in [3.05, 3.63) is 52.3 Å². The number of nitrogen functional groups attached to an aromatic ring is 1. The van der Waals surface area contributed by atoms with Crippen molar-refractivity contribution in [2.45, 2.75) is 6.92 Å². The summed E-state index contributed by atoms with van der Waals surface area (Å²) in [5, 5.41) is 2.73. The summed E-state index contributed by atoms with van der Waals surface area (Å²) >= 11 is 3.06. The molecule has 0 aliphatic rings. The highest BCUT2D eigenvalue weighted by Gasteiger charge is 2.07. The summed E-state index contributed by atoms with van der Waals surface area (Å²) in [5.74, 6) is -0.278. The predicted octanol–water partition coefficient (Wildman–Crippen LogP) is 3.50. The molecule has 21 heavy (non-hydrogen) atoms. The van der Waals surface area contributed by atoms with E-state index >= 15 is 0 Å². The maximum absolute atomic E-state index is 13.1. The molecule has 0 atom stereocenters. The van der Waals surface area contributed by atoms with Crippen molar-refractivity contribution < 1.29 is 13.9 Å². The van der Waals surface area contributed by atoms with Crippen molar-refractivity contribution in [3.63, 3.8) is 0 Å². The maximum atomic E-state index is 13.1. The molecule has 0 saturated heterocycles. The number of aryl methyl sites for hydroxylation is 1. The summed E-state index contributed by atoms with van der Waals surface area (Å²) in [4.78, 5) is 11.8. The molecular weight excluding hydrogens is 339 g/mol. The molecule has 0 aromatic heterocycles. The molecule has 0 bridgehead atoms. The largest absolute Gasteiger partial charge is 0.484 e. The molecule has 0 saturated carbocycles. The molecule has 1 amide bonds. The van der Waals surface area contributed by atoms with Gasteiger partial charge in [-0.05, 0) is 64.8 Å². The molecular formula is C15H14BrFN2O2. The van der Waals surface area contributed by atoms with Gasteiger partial charge in [0, 0.05) is 11.4 Å². The molecule has 3 N–H and O–H groups in total. The van der Waals surface area contributed by atoms with E-state index in [0.29, 0.717) is 17.1 Å². The molecule has 2 aromatic carbocycles.